The Hall–Kier alpha value is -0.610. The fourth-order valence-electron chi connectivity index (χ4n) is 1.15. The third-order valence-corrected chi connectivity index (χ3v) is 2.00. The van der Waals surface area contributed by atoms with Crippen LogP contribution in [-0.2, 0) is 4.79 Å². The average molecular weight is 202 g/mol. The summed E-state index contributed by atoms with van der Waals surface area (Å²) in [5.74, 6) is 0.0389. The van der Waals surface area contributed by atoms with Crippen molar-refractivity contribution in [1.82, 2.24) is 10.2 Å². The SMILES string of the molecule is CCCCCNC(=O)CN(C)CCO. The second kappa shape index (κ2) is 8.97. The van der Waals surface area contributed by atoms with E-state index in [9.17, 15) is 4.79 Å². The summed E-state index contributed by atoms with van der Waals surface area (Å²) in [5, 5.41) is 11.5. The molecule has 0 fully saturated rings. The molecule has 0 aromatic rings. The van der Waals surface area contributed by atoms with Gasteiger partial charge in [-0.15, -0.1) is 0 Å². The van der Waals surface area contributed by atoms with E-state index in [1.54, 1.807) is 4.90 Å². The first-order valence-corrected chi connectivity index (χ1v) is 5.26. The average Bonchev–Trinajstić information content (AvgIpc) is 2.13. The first kappa shape index (κ1) is 13.4. The summed E-state index contributed by atoms with van der Waals surface area (Å²) in [4.78, 5) is 13.1. The molecule has 0 spiro atoms. The number of carbonyl (C=O) groups excluding carboxylic acids is 1. The molecule has 1 amide bonds. The molecule has 0 saturated heterocycles. The fraction of sp³-hybridized carbons (Fsp3) is 0.900. The Labute approximate surface area is 86.3 Å². The van der Waals surface area contributed by atoms with Crippen molar-refractivity contribution in [2.24, 2.45) is 0 Å². The molecule has 0 heterocycles. The van der Waals surface area contributed by atoms with Crippen molar-refractivity contribution >= 4 is 5.91 Å². The third kappa shape index (κ3) is 8.01. The molecule has 0 bridgehead atoms. The summed E-state index contributed by atoms with van der Waals surface area (Å²) in [6, 6.07) is 0. The molecule has 0 aliphatic heterocycles. The number of unbranched alkanes of at least 4 members (excludes halogenated alkanes) is 2. The molecule has 84 valence electrons. The number of amides is 1. The second-order valence-corrected chi connectivity index (χ2v) is 3.52. The lowest BCUT2D eigenvalue weighted by Crippen LogP contribution is -2.36. The van der Waals surface area contributed by atoms with Crippen molar-refractivity contribution in [3.05, 3.63) is 0 Å². The summed E-state index contributed by atoms with van der Waals surface area (Å²) in [5.41, 5.74) is 0. The van der Waals surface area contributed by atoms with Crippen LogP contribution < -0.4 is 5.32 Å². The van der Waals surface area contributed by atoms with Crippen LogP contribution >= 0.6 is 0 Å². The van der Waals surface area contributed by atoms with Gasteiger partial charge in [-0.2, -0.15) is 0 Å². The molecule has 4 nitrogen and oxygen atoms in total. The van der Waals surface area contributed by atoms with Gasteiger partial charge in [-0.25, -0.2) is 0 Å². The zero-order valence-corrected chi connectivity index (χ0v) is 9.25. The van der Waals surface area contributed by atoms with E-state index in [2.05, 4.69) is 12.2 Å². The van der Waals surface area contributed by atoms with Crippen molar-refractivity contribution in [3.63, 3.8) is 0 Å². The Balaban J connectivity index is 3.35. The third-order valence-electron chi connectivity index (χ3n) is 2.00. The predicted octanol–water partition coefficient (Wildman–Crippen LogP) is 0.217. The van der Waals surface area contributed by atoms with Gasteiger partial charge in [-0.05, 0) is 13.5 Å². The minimum absolute atomic E-state index is 0.0389. The molecule has 14 heavy (non-hydrogen) atoms. The standard InChI is InChI=1S/C10H22N2O2/c1-3-4-5-6-11-10(14)9-12(2)7-8-13/h13H,3-9H2,1-2H3,(H,11,14). The van der Waals surface area contributed by atoms with Gasteiger partial charge in [0.15, 0.2) is 0 Å². The molecule has 0 rings (SSSR count). The Bertz CT molecular complexity index is 151. The minimum Gasteiger partial charge on any atom is -0.395 e. The highest BCUT2D eigenvalue weighted by atomic mass is 16.3. The normalized spacial score (nSPS) is 10.6. The monoisotopic (exact) mass is 202 g/mol. The Morgan fingerprint density at radius 3 is 2.71 bits per heavy atom. The first-order chi connectivity index (χ1) is 6.70. The summed E-state index contributed by atoms with van der Waals surface area (Å²) < 4.78 is 0. The van der Waals surface area contributed by atoms with Crippen LogP contribution in [0.2, 0.25) is 0 Å². The highest BCUT2D eigenvalue weighted by molar-refractivity contribution is 5.77. The zero-order valence-electron chi connectivity index (χ0n) is 9.25. The van der Waals surface area contributed by atoms with Gasteiger partial charge in [0.05, 0.1) is 13.2 Å². The molecule has 0 radical (unpaired) electrons. The molecule has 4 heteroatoms. The number of aliphatic hydroxyl groups is 1. The Morgan fingerprint density at radius 1 is 1.43 bits per heavy atom. The number of nitrogens with one attached hydrogen (secondary N) is 1. The molecular formula is C10H22N2O2. The molecular weight excluding hydrogens is 180 g/mol. The highest BCUT2D eigenvalue weighted by Crippen LogP contribution is 1.91. The molecule has 0 aliphatic rings. The maximum atomic E-state index is 11.3. The molecule has 0 unspecified atom stereocenters. The summed E-state index contributed by atoms with van der Waals surface area (Å²) in [6.07, 6.45) is 3.37. The van der Waals surface area contributed by atoms with Crippen LogP contribution in [0, 0.1) is 0 Å². The molecule has 0 atom stereocenters. The van der Waals surface area contributed by atoms with Gasteiger partial charge in [0, 0.05) is 13.1 Å². The molecule has 0 saturated carbocycles. The lowest BCUT2D eigenvalue weighted by molar-refractivity contribution is -0.122. The van der Waals surface area contributed by atoms with Gasteiger partial charge < -0.3 is 10.4 Å². The van der Waals surface area contributed by atoms with E-state index < -0.39 is 0 Å². The zero-order chi connectivity index (χ0) is 10.8. The van der Waals surface area contributed by atoms with Gasteiger partial charge >= 0.3 is 0 Å². The van der Waals surface area contributed by atoms with Gasteiger partial charge in [-0.3, -0.25) is 9.69 Å². The number of aliphatic hydroxyl groups excluding tert-OH is 1. The summed E-state index contributed by atoms with van der Waals surface area (Å²) >= 11 is 0. The van der Waals surface area contributed by atoms with Crippen LogP contribution in [0.15, 0.2) is 0 Å². The van der Waals surface area contributed by atoms with Crippen molar-refractivity contribution in [2.45, 2.75) is 26.2 Å². The van der Waals surface area contributed by atoms with Crippen molar-refractivity contribution < 1.29 is 9.90 Å². The number of carbonyl (C=O) groups is 1. The summed E-state index contributed by atoms with van der Waals surface area (Å²) in [7, 11) is 1.82. The lowest BCUT2D eigenvalue weighted by atomic mass is 10.2. The number of rotatable bonds is 8. The van der Waals surface area contributed by atoms with Crippen molar-refractivity contribution in [2.75, 3.05) is 33.3 Å². The number of likely N-dealkylation sites (N-methyl/N-ethyl adjacent to an activating group) is 1. The first-order valence-electron chi connectivity index (χ1n) is 5.26. The quantitative estimate of drug-likeness (QED) is 0.553. The van der Waals surface area contributed by atoms with Crippen LogP contribution in [0.1, 0.15) is 26.2 Å². The Kier molecular flexibility index (Phi) is 8.57. The van der Waals surface area contributed by atoms with Crippen LogP contribution in [0.3, 0.4) is 0 Å². The van der Waals surface area contributed by atoms with E-state index >= 15 is 0 Å². The second-order valence-electron chi connectivity index (χ2n) is 3.52. The predicted molar refractivity (Wildman–Crippen MR) is 57.1 cm³/mol. The van der Waals surface area contributed by atoms with E-state index in [-0.39, 0.29) is 12.5 Å². The topological polar surface area (TPSA) is 52.6 Å². The molecule has 0 aromatic heterocycles. The van der Waals surface area contributed by atoms with E-state index in [1.807, 2.05) is 7.05 Å². The molecule has 0 aromatic carbocycles. The number of hydrogen-bond donors (Lipinski definition) is 2. The van der Waals surface area contributed by atoms with Crippen LogP contribution in [0.25, 0.3) is 0 Å². The fourth-order valence-corrected chi connectivity index (χ4v) is 1.15. The van der Waals surface area contributed by atoms with Gasteiger partial charge in [0.25, 0.3) is 0 Å². The highest BCUT2D eigenvalue weighted by Gasteiger charge is 2.04. The van der Waals surface area contributed by atoms with Gasteiger partial charge in [0.2, 0.25) is 5.91 Å². The smallest absolute Gasteiger partial charge is 0.234 e. The largest absolute Gasteiger partial charge is 0.395 e. The van der Waals surface area contributed by atoms with E-state index in [0.717, 1.165) is 19.4 Å². The van der Waals surface area contributed by atoms with Gasteiger partial charge in [0.1, 0.15) is 0 Å². The molecule has 2 N–H and O–H groups in total. The van der Waals surface area contributed by atoms with E-state index in [0.29, 0.717) is 13.1 Å². The maximum Gasteiger partial charge on any atom is 0.234 e. The molecule has 0 aliphatic carbocycles. The number of hydrogen-bond acceptors (Lipinski definition) is 3. The van der Waals surface area contributed by atoms with Crippen molar-refractivity contribution in [3.8, 4) is 0 Å². The Morgan fingerprint density at radius 2 is 2.14 bits per heavy atom. The lowest BCUT2D eigenvalue weighted by Gasteiger charge is -2.14. The van der Waals surface area contributed by atoms with E-state index in [4.69, 9.17) is 5.11 Å². The number of nitrogens with zero attached hydrogens (tertiary/aromatic N) is 1. The summed E-state index contributed by atoms with van der Waals surface area (Å²) in [6.45, 7) is 3.91. The van der Waals surface area contributed by atoms with Crippen LogP contribution in [0.4, 0.5) is 0 Å². The van der Waals surface area contributed by atoms with Gasteiger partial charge in [-0.1, -0.05) is 19.8 Å². The van der Waals surface area contributed by atoms with Crippen molar-refractivity contribution in [1.29, 1.82) is 0 Å². The minimum atomic E-state index is 0.0389. The van der Waals surface area contributed by atoms with E-state index in [1.165, 1.54) is 6.42 Å². The maximum absolute atomic E-state index is 11.3. The van der Waals surface area contributed by atoms with Crippen LogP contribution in [-0.4, -0.2) is 49.2 Å². The van der Waals surface area contributed by atoms with Crippen LogP contribution in [0.5, 0.6) is 0 Å².